The number of benzene rings is 1. The fourth-order valence-electron chi connectivity index (χ4n) is 2.41. The maximum Gasteiger partial charge on any atom is 0.276 e. The molecule has 1 aromatic carbocycles. The molecule has 3 rings (SSSR count). The minimum Gasteiger partial charge on any atom is -0.414 e. The maximum atomic E-state index is 12.1. The molecule has 1 aromatic heterocycles. The van der Waals surface area contributed by atoms with E-state index in [0.29, 0.717) is 24.1 Å². The van der Waals surface area contributed by atoms with Crippen LogP contribution in [0.25, 0.3) is 0 Å². The zero-order valence-corrected chi connectivity index (χ0v) is 12.0. The van der Waals surface area contributed by atoms with Crippen molar-refractivity contribution in [1.29, 1.82) is 0 Å². The van der Waals surface area contributed by atoms with Gasteiger partial charge < -0.3 is 9.32 Å². The number of hydrogen-bond acceptors (Lipinski definition) is 5. The Labute approximate surface area is 121 Å². The van der Waals surface area contributed by atoms with Crippen LogP contribution in [-0.4, -0.2) is 27.3 Å². The van der Waals surface area contributed by atoms with Gasteiger partial charge in [0.25, 0.3) is 5.22 Å². The lowest BCUT2D eigenvalue weighted by atomic mass is 10.2. The molecule has 0 aliphatic carbocycles. The summed E-state index contributed by atoms with van der Waals surface area (Å²) in [7, 11) is 0. The number of carbonyl (C=O) groups is 1. The normalized spacial score (nSPS) is 18.8. The van der Waals surface area contributed by atoms with Crippen LogP contribution < -0.4 is 0 Å². The number of aromatic nitrogens is 2. The van der Waals surface area contributed by atoms with E-state index in [-0.39, 0.29) is 11.9 Å². The van der Waals surface area contributed by atoms with Crippen molar-refractivity contribution in [3.8, 4) is 0 Å². The molecule has 1 saturated heterocycles. The Kier molecular flexibility index (Phi) is 3.73. The third-order valence-electron chi connectivity index (χ3n) is 3.41. The van der Waals surface area contributed by atoms with E-state index in [2.05, 4.69) is 10.2 Å². The Morgan fingerprint density at radius 3 is 2.85 bits per heavy atom. The van der Waals surface area contributed by atoms with Crippen LogP contribution in [0.2, 0.25) is 0 Å². The van der Waals surface area contributed by atoms with Gasteiger partial charge in [-0.2, -0.15) is 0 Å². The van der Waals surface area contributed by atoms with Crippen LogP contribution in [0.1, 0.15) is 30.3 Å². The molecular formula is C14H15N3O2S. The van der Waals surface area contributed by atoms with Gasteiger partial charge in [-0.25, -0.2) is 0 Å². The summed E-state index contributed by atoms with van der Waals surface area (Å²) in [6.45, 7) is 0.585. The molecule has 0 unspecified atom stereocenters. The second-order valence-electron chi connectivity index (χ2n) is 4.67. The average Bonchev–Trinajstić information content (AvgIpc) is 3.08. The number of amides is 1. The molecule has 104 valence electrons. The number of carbonyl (C=O) groups excluding carboxylic acids is 1. The molecule has 0 N–H and O–H groups in total. The first-order chi connectivity index (χ1) is 9.78. The summed E-state index contributed by atoms with van der Waals surface area (Å²) in [6, 6.07) is 9.85. The van der Waals surface area contributed by atoms with E-state index in [4.69, 9.17) is 4.42 Å². The van der Waals surface area contributed by atoms with Crippen molar-refractivity contribution in [3.05, 3.63) is 41.8 Å². The molecular weight excluding hydrogens is 274 g/mol. The van der Waals surface area contributed by atoms with Crippen LogP contribution in [0.3, 0.4) is 0 Å². The second-order valence-corrected chi connectivity index (χ2v) is 5.43. The lowest BCUT2D eigenvalue weighted by Gasteiger charge is -2.22. The van der Waals surface area contributed by atoms with Crippen LogP contribution in [0, 0.1) is 0 Å². The van der Waals surface area contributed by atoms with E-state index < -0.39 is 0 Å². The third-order valence-corrected chi connectivity index (χ3v) is 3.92. The Morgan fingerprint density at radius 2 is 2.15 bits per heavy atom. The highest BCUT2D eigenvalue weighted by Crippen LogP contribution is 2.34. The van der Waals surface area contributed by atoms with Gasteiger partial charge in [-0.1, -0.05) is 42.1 Å². The van der Waals surface area contributed by atoms with Crippen LogP contribution in [0.15, 0.2) is 40.0 Å². The lowest BCUT2D eigenvalue weighted by Crippen LogP contribution is -2.27. The van der Waals surface area contributed by atoms with Crippen molar-refractivity contribution < 1.29 is 9.21 Å². The molecule has 0 bridgehead atoms. The first kappa shape index (κ1) is 13.2. The fourth-order valence-corrected chi connectivity index (χ4v) is 2.70. The SMILES string of the molecule is CSc1nnc([C@H]2CCC(=O)N2Cc2ccccc2)o1. The monoisotopic (exact) mass is 289 g/mol. The van der Waals surface area contributed by atoms with E-state index in [1.807, 2.05) is 41.5 Å². The van der Waals surface area contributed by atoms with E-state index in [0.717, 1.165) is 12.0 Å². The predicted molar refractivity (Wildman–Crippen MR) is 75.0 cm³/mol. The second kappa shape index (κ2) is 5.66. The molecule has 6 heteroatoms. The molecule has 2 heterocycles. The number of likely N-dealkylation sites (tertiary alicyclic amines) is 1. The summed E-state index contributed by atoms with van der Waals surface area (Å²) < 4.78 is 5.58. The first-order valence-corrected chi connectivity index (χ1v) is 7.71. The Morgan fingerprint density at radius 1 is 1.35 bits per heavy atom. The summed E-state index contributed by atoms with van der Waals surface area (Å²) >= 11 is 1.41. The van der Waals surface area contributed by atoms with Gasteiger partial charge >= 0.3 is 0 Å². The summed E-state index contributed by atoms with van der Waals surface area (Å²) in [6.07, 6.45) is 3.16. The van der Waals surface area contributed by atoms with Crippen molar-refractivity contribution >= 4 is 17.7 Å². The number of hydrogen-bond donors (Lipinski definition) is 0. The molecule has 20 heavy (non-hydrogen) atoms. The van der Waals surface area contributed by atoms with Crippen LogP contribution in [0.4, 0.5) is 0 Å². The highest BCUT2D eigenvalue weighted by Gasteiger charge is 2.35. The van der Waals surface area contributed by atoms with Crippen molar-refractivity contribution in [2.24, 2.45) is 0 Å². The van der Waals surface area contributed by atoms with Crippen molar-refractivity contribution in [2.45, 2.75) is 30.7 Å². The van der Waals surface area contributed by atoms with E-state index in [1.165, 1.54) is 11.8 Å². The summed E-state index contributed by atoms with van der Waals surface area (Å²) in [5.74, 6) is 0.680. The first-order valence-electron chi connectivity index (χ1n) is 6.48. The van der Waals surface area contributed by atoms with Gasteiger partial charge in [-0.15, -0.1) is 10.2 Å². The summed E-state index contributed by atoms with van der Waals surface area (Å²) in [5.41, 5.74) is 1.11. The topological polar surface area (TPSA) is 59.2 Å². The number of nitrogens with zero attached hydrogens (tertiary/aromatic N) is 3. The van der Waals surface area contributed by atoms with Crippen molar-refractivity contribution in [2.75, 3.05) is 6.26 Å². The highest BCUT2D eigenvalue weighted by atomic mass is 32.2. The van der Waals surface area contributed by atoms with Crippen LogP contribution in [0.5, 0.6) is 0 Å². The number of rotatable bonds is 4. The largest absolute Gasteiger partial charge is 0.414 e. The Balaban J connectivity index is 1.81. The van der Waals surface area contributed by atoms with Gasteiger partial charge in [0, 0.05) is 13.0 Å². The van der Waals surface area contributed by atoms with Gasteiger partial charge in [0.1, 0.15) is 6.04 Å². The molecule has 1 aliphatic rings. The maximum absolute atomic E-state index is 12.1. The zero-order chi connectivity index (χ0) is 13.9. The highest BCUT2D eigenvalue weighted by molar-refractivity contribution is 7.98. The van der Waals surface area contributed by atoms with Crippen molar-refractivity contribution in [3.63, 3.8) is 0 Å². The van der Waals surface area contributed by atoms with Gasteiger partial charge in [0.15, 0.2) is 0 Å². The van der Waals surface area contributed by atoms with E-state index >= 15 is 0 Å². The standard InChI is InChI=1S/C14H15N3O2S/c1-20-14-16-15-13(19-14)11-7-8-12(18)17(11)9-10-5-3-2-4-6-10/h2-6,11H,7-9H2,1H3/t11-/m1/s1. The average molecular weight is 289 g/mol. The minimum absolute atomic E-state index is 0.101. The molecule has 1 amide bonds. The predicted octanol–water partition coefficient (Wildman–Crippen LogP) is 2.66. The number of thioether (sulfide) groups is 1. The molecule has 1 aliphatic heterocycles. The quantitative estimate of drug-likeness (QED) is 0.810. The van der Waals surface area contributed by atoms with Crippen LogP contribution in [-0.2, 0) is 11.3 Å². The van der Waals surface area contributed by atoms with E-state index in [9.17, 15) is 4.79 Å². The molecule has 1 fully saturated rings. The minimum atomic E-state index is -0.101. The summed E-state index contributed by atoms with van der Waals surface area (Å²) in [5, 5.41) is 8.56. The fraction of sp³-hybridized carbons (Fsp3) is 0.357. The smallest absolute Gasteiger partial charge is 0.276 e. The molecule has 1 atom stereocenters. The van der Waals surface area contributed by atoms with Gasteiger partial charge in [0.2, 0.25) is 11.8 Å². The Hall–Kier alpha value is -1.82. The summed E-state index contributed by atoms with van der Waals surface area (Å²) in [4.78, 5) is 13.9. The Bertz CT molecular complexity index is 599. The molecule has 5 nitrogen and oxygen atoms in total. The molecule has 0 radical (unpaired) electrons. The van der Waals surface area contributed by atoms with Gasteiger partial charge in [0.05, 0.1) is 0 Å². The van der Waals surface area contributed by atoms with E-state index in [1.54, 1.807) is 0 Å². The van der Waals surface area contributed by atoms with Crippen LogP contribution >= 0.6 is 11.8 Å². The van der Waals surface area contributed by atoms with Gasteiger partial charge in [-0.05, 0) is 18.2 Å². The molecule has 2 aromatic rings. The van der Waals surface area contributed by atoms with Crippen molar-refractivity contribution in [1.82, 2.24) is 15.1 Å². The zero-order valence-electron chi connectivity index (χ0n) is 11.2. The molecule has 0 saturated carbocycles. The van der Waals surface area contributed by atoms with Gasteiger partial charge in [-0.3, -0.25) is 4.79 Å². The third kappa shape index (κ3) is 2.56. The lowest BCUT2D eigenvalue weighted by molar-refractivity contribution is -0.129. The molecule has 0 spiro atoms.